The highest BCUT2D eigenvalue weighted by Gasteiger charge is 2.23. The summed E-state index contributed by atoms with van der Waals surface area (Å²) in [6, 6.07) is 8.96. The zero-order valence-corrected chi connectivity index (χ0v) is 15.2. The number of nitrogens with zero attached hydrogens (tertiary/aromatic N) is 1. The second kappa shape index (κ2) is 8.01. The van der Waals surface area contributed by atoms with E-state index in [2.05, 4.69) is 17.1 Å². The molecule has 2 N–H and O–H groups in total. The predicted octanol–water partition coefficient (Wildman–Crippen LogP) is 2.27. The molecule has 1 aliphatic heterocycles. The van der Waals surface area contributed by atoms with Gasteiger partial charge in [-0.05, 0) is 36.8 Å². The molecular formula is C19H21ClF2N3O+. The van der Waals surface area contributed by atoms with Gasteiger partial charge in [0.2, 0.25) is 0 Å². The summed E-state index contributed by atoms with van der Waals surface area (Å²) in [5.74, 6) is -1.72. The fraction of sp³-hybridized carbons (Fsp3) is 0.316. The Kier molecular flexibility index (Phi) is 5.74. The van der Waals surface area contributed by atoms with Gasteiger partial charge in [0.15, 0.2) is 6.54 Å². The number of aryl methyl sites for hydroxylation is 1. The first-order chi connectivity index (χ1) is 12.4. The van der Waals surface area contributed by atoms with E-state index in [1.165, 1.54) is 11.6 Å². The molecular weight excluding hydrogens is 360 g/mol. The van der Waals surface area contributed by atoms with Crippen LogP contribution in [0, 0.1) is 18.6 Å². The second-order valence-corrected chi connectivity index (χ2v) is 6.95. The number of carbonyl (C=O) groups is 1. The highest BCUT2D eigenvalue weighted by atomic mass is 35.5. The number of rotatable bonds is 4. The number of carbonyl (C=O) groups excluding carboxylic acids is 1. The molecule has 0 spiro atoms. The van der Waals surface area contributed by atoms with Crippen molar-refractivity contribution in [3.63, 3.8) is 0 Å². The summed E-state index contributed by atoms with van der Waals surface area (Å²) >= 11 is 6.09. The normalized spacial score (nSPS) is 15.2. The molecule has 26 heavy (non-hydrogen) atoms. The van der Waals surface area contributed by atoms with Crippen LogP contribution in [0.15, 0.2) is 36.4 Å². The van der Waals surface area contributed by atoms with E-state index < -0.39 is 11.6 Å². The highest BCUT2D eigenvalue weighted by Crippen LogP contribution is 2.24. The van der Waals surface area contributed by atoms with Crippen molar-refractivity contribution in [1.82, 2.24) is 0 Å². The first kappa shape index (κ1) is 18.6. The number of anilines is 2. The van der Waals surface area contributed by atoms with Gasteiger partial charge < -0.3 is 15.1 Å². The van der Waals surface area contributed by atoms with Gasteiger partial charge in [-0.25, -0.2) is 8.78 Å². The van der Waals surface area contributed by atoms with Crippen molar-refractivity contribution in [2.75, 3.05) is 42.9 Å². The lowest BCUT2D eigenvalue weighted by Gasteiger charge is -2.34. The zero-order chi connectivity index (χ0) is 18.7. The maximum absolute atomic E-state index is 13.6. The van der Waals surface area contributed by atoms with E-state index >= 15 is 0 Å². The number of halogens is 3. The summed E-state index contributed by atoms with van der Waals surface area (Å²) in [5.41, 5.74) is 2.29. The van der Waals surface area contributed by atoms with Gasteiger partial charge in [-0.1, -0.05) is 17.7 Å². The van der Waals surface area contributed by atoms with Crippen LogP contribution in [0.25, 0.3) is 0 Å². The summed E-state index contributed by atoms with van der Waals surface area (Å²) in [6.07, 6.45) is 0. The first-order valence-electron chi connectivity index (χ1n) is 8.52. The fourth-order valence-electron chi connectivity index (χ4n) is 3.18. The molecule has 7 heteroatoms. The second-order valence-electron chi connectivity index (χ2n) is 6.52. The van der Waals surface area contributed by atoms with Crippen LogP contribution in [0.5, 0.6) is 0 Å². The Morgan fingerprint density at radius 2 is 1.92 bits per heavy atom. The number of piperazine rings is 1. The van der Waals surface area contributed by atoms with E-state index in [0.717, 1.165) is 48.9 Å². The Balaban J connectivity index is 1.53. The lowest BCUT2D eigenvalue weighted by atomic mass is 10.1. The predicted molar refractivity (Wildman–Crippen MR) is 99.0 cm³/mol. The topological polar surface area (TPSA) is 36.8 Å². The summed E-state index contributed by atoms with van der Waals surface area (Å²) in [6.45, 7) is 5.52. The van der Waals surface area contributed by atoms with Crippen LogP contribution in [-0.2, 0) is 4.79 Å². The van der Waals surface area contributed by atoms with Gasteiger partial charge in [0.05, 0.1) is 31.9 Å². The summed E-state index contributed by atoms with van der Waals surface area (Å²) in [5, 5.41) is 3.22. The third-order valence-corrected chi connectivity index (χ3v) is 4.83. The summed E-state index contributed by atoms with van der Waals surface area (Å²) < 4.78 is 26.5. The average Bonchev–Trinajstić information content (AvgIpc) is 2.60. The standard InChI is InChI=1S/C19H20ClF2N3O/c1-13-2-3-14(20)10-18(13)25-8-6-24(7-9-25)12-19(26)23-17-5-4-15(21)11-16(17)22/h2-5,10-11H,6-9,12H2,1H3,(H,23,26)/p+1. The van der Waals surface area contributed by atoms with Crippen molar-refractivity contribution in [2.24, 2.45) is 0 Å². The maximum Gasteiger partial charge on any atom is 0.279 e. The molecule has 1 aliphatic rings. The van der Waals surface area contributed by atoms with Crippen molar-refractivity contribution < 1.29 is 18.5 Å². The van der Waals surface area contributed by atoms with Crippen LogP contribution in [0.1, 0.15) is 5.56 Å². The number of nitrogens with one attached hydrogen (secondary N) is 2. The largest absolute Gasteiger partial charge is 0.360 e. The molecule has 0 radical (unpaired) electrons. The molecule has 0 unspecified atom stereocenters. The van der Waals surface area contributed by atoms with Gasteiger partial charge >= 0.3 is 0 Å². The lowest BCUT2D eigenvalue weighted by Crippen LogP contribution is -3.15. The Bertz CT molecular complexity index is 807. The molecule has 1 amide bonds. The molecule has 0 atom stereocenters. The monoisotopic (exact) mass is 380 g/mol. The number of quaternary nitrogens is 1. The number of amides is 1. The molecule has 1 saturated heterocycles. The molecule has 1 fully saturated rings. The minimum Gasteiger partial charge on any atom is -0.360 e. The van der Waals surface area contributed by atoms with E-state index in [4.69, 9.17) is 11.6 Å². The van der Waals surface area contributed by atoms with Crippen molar-refractivity contribution >= 4 is 28.9 Å². The van der Waals surface area contributed by atoms with Crippen LogP contribution < -0.4 is 15.1 Å². The minimum atomic E-state index is -0.769. The molecule has 2 aromatic carbocycles. The van der Waals surface area contributed by atoms with Gasteiger partial charge in [-0.3, -0.25) is 4.79 Å². The number of hydrogen-bond acceptors (Lipinski definition) is 2. The minimum absolute atomic E-state index is 0.00369. The summed E-state index contributed by atoms with van der Waals surface area (Å²) in [4.78, 5) is 15.5. The molecule has 0 aliphatic carbocycles. The Morgan fingerprint density at radius 3 is 2.62 bits per heavy atom. The van der Waals surface area contributed by atoms with Crippen molar-refractivity contribution in [3.05, 3.63) is 58.6 Å². The third kappa shape index (κ3) is 4.51. The van der Waals surface area contributed by atoms with E-state index in [0.29, 0.717) is 5.02 Å². The SMILES string of the molecule is Cc1ccc(Cl)cc1N1CC[NH+](CC(=O)Nc2ccc(F)cc2F)CC1. The van der Waals surface area contributed by atoms with Crippen molar-refractivity contribution in [2.45, 2.75) is 6.92 Å². The third-order valence-electron chi connectivity index (χ3n) is 4.60. The Labute approximate surface area is 156 Å². The van der Waals surface area contributed by atoms with E-state index in [-0.39, 0.29) is 18.1 Å². The number of hydrogen-bond donors (Lipinski definition) is 2. The molecule has 0 bridgehead atoms. The molecule has 0 aromatic heterocycles. The van der Waals surface area contributed by atoms with Gasteiger partial charge in [-0.2, -0.15) is 0 Å². The lowest BCUT2D eigenvalue weighted by molar-refractivity contribution is -0.892. The molecule has 3 rings (SSSR count). The van der Waals surface area contributed by atoms with E-state index in [1.54, 1.807) is 0 Å². The van der Waals surface area contributed by atoms with Crippen LogP contribution in [0.3, 0.4) is 0 Å². The quantitative estimate of drug-likeness (QED) is 0.853. The Morgan fingerprint density at radius 1 is 1.19 bits per heavy atom. The molecule has 4 nitrogen and oxygen atoms in total. The van der Waals surface area contributed by atoms with Crippen molar-refractivity contribution in [1.29, 1.82) is 0 Å². The van der Waals surface area contributed by atoms with E-state index in [9.17, 15) is 13.6 Å². The van der Waals surface area contributed by atoms with Crippen molar-refractivity contribution in [3.8, 4) is 0 Å². The van der Waals surface area contributed by atoms with Gasteiger partial charge in [0.1, 0.15) is 11.6 Å². The van der Waals surface area contributed by atoms with Crippen LogP contribution in [0.4, 0.5) is 20.2 Å². The fourth-order valence-corrected chi connectivity index (χ4v) is 3.34. The van der Waals surface area contributed by atoms with Crippen LogP contribution >= 0.6 is 11.6 Å². The molecule has 1 heterocycles. The van der Waals surface area contributed by atoms with Crippen LogP contribution in [-0.4, -0.2) is 38.6 Å². The molecule has 2 aromatic rings. The zero-order valence-electron chi connectivity index (χ0n) is 14.5. The van der Waals surface area contributed by atoms with Gasteiger partial charge in [0, 0.05) is 16.8 Å². The van der Waals surface area contributed by atoms with E-state index in [1.807, 2.05) is 18.2 Å². The van der Waals surface area contributed by atoms with Gasteiger partial charge in [0.25, 0.3) is 5.91 Å². The average molecular weight is 381 g/mol. The molecule has 0 saturated carbocycles. The molecule has 138 valence electrons. The Hall–Kier alpha value is -2.18. The first-order valence-corrected chi connectivity index (χ1v) is 8.90. The summed E-state index contributed by atoms with van der Waals surface area (Å²) in [7, 11) is 0. The maximum atomic E-state index is 13.6. The highest BCUT2D eigenvalue weighted by molar-refractivity contribution is 6.30. The number of benzene rings is 2. The van der Waals surface area contributed by atoms with Gasteiger partial charge in [-0.15, -0.1) is 0 Å². The van der Waals surface area contributed by atoms with Crippen LogP contribution in [0.2, 0.25) is 5.02 Å². The smallest absolute Gasteiger partial charge is 0.279 e.